The largest absolute Gasteiger partial charge is 0.353 e. The highest BCUT2D eigenvalue weighted by Crippen LogP contribution is 2.29. The van der Waals surface area contributed by atoms with E-state index in [0.29, 0.717) is 11.2 Å². The topological polar surface area (TPSA) is 29.0 Å². The van der Waals surface area contributed by atoms with E-state index in [0.717, 1.165) is 23.8 Å². The molecule has 1 aliphatic heterocycles. The average Bonchev–Trinajstić information content (AvgIpc) is 2.58. The van der Waals surface area contributed by atoms with Crippen molar-refractivity contribution in [2.24, 2.45) is 0 Å². The van der Waals surface area contributed by atoms with Gasteiger partial charge < -0.3 is 4.90 Å². The van der Waals surface area contributed by atoms with Crippen LogP contribution in [-0.4, -0.2) is 22.6 Å². The lowest BCUT2D eigenvalue weighted by molar-refractivity contribution is 0.550. The lowest BCUT2D eigenvalue weighted by Crippen LogP contribution is -2.35. The predicted octanol–water partition coefficient (Wildman–Crippen LogP) is 3.91. The quantitative estimate of drug-likeness (QED) is 0.761. The second kappa shape index (κ2) is 5.87. The lowest BCUT2D eigenvalue weighted by Gasteiger charge is -2.31. The zero-order valence-corrected chi connectivity index (χ0v) is 12.3. The molecule has 3 nitrogen and oxygen atoms in total. The van der Waals surface area contributed by atoms with Gasteiger partial charge in [-0.3, -0.25) is 0 Å². The zero-order chi connectivity index (χ0) is 13.1. The number of hydrogen-bond donors (Lipinski definition) is 0. The van der Waals surface area contributed by atoms with Gasteiger partial charge in [-0.25, -0.2) is 9.97 Å². The summed E-state index contributed by atoms with van der Waals surface area (Å²) in [6, 6.07) is 0.594. The van der Waals surface area contributed by atoms with Gasteiger partial charge in [0.2, 0.25) is 0 Å². The van der Waals surface area contributed by atoms with Gasteiger partial charge in [-0.05, 0) is 33.1 Å². The van der Waals surface area contributed by atoms with Crippen molar-refractivity contribution in [1.82, 2.24) is 9.97 Å². The average molecular weight is 268 g/mol. The number of nitrogens with zero attached hydrogens (tertiary/aromatic N) is 3. The number of hydrogen-bond acceptors (Lipinski definition) is 3. The summed E-state index contributed by atoms with van der Waals surface area (Å²) >= 11 is 6.19. The van der Waals surface area contributed by atoms with Gasteiger partial charge >= 0.3 is 0 Å². The monoisotopic (exact) mass is 267 g/mol. The molecular formula is C14H22ClN3. The van der Waals surface area contributed by atoms with Gasteiger partial charge in [0.15, 0.2) is 0 Å². The number of aryl methyl sites for hydroxylation is 1. The van der Waals surface area contributed by atoms with E-state index in [1.54, 1.807) is 0 Å². The maximum Gasteiger partial charge on any atom is 0.137 e. The Bertz CT molecular complexity index is 420. The standard InChI is InChI=1S/C14H22ClN3/c1-4-12-8-6-5-7-9-18(12)14-10(2)13(15)16-11(3)17-14/h12H,4-9H2,1-3H3. The second-order valence-electron chi connectivity index (χ2n) is 5.12. The van der Waals surface area contributed by atoms with Crippen molar-refractivity contribution >= 4 is 17.4 Å². The maximum atomic E-state index is 6.19. The molecule has 0 aliphatic carbocycles. The number of halogens is 1. The third-order valence-corrected chi connectivity index (χ3v) is 4.16. The fraction of sp³-hybridized carbons (Fsp3) is 0.714. The molecule has 0 N–H and O–H groups in total. The molecule has 1 aromatic heterocycles. The summed E-state index contributed by atoms with van der Waals surface area (Å²) in [5.74, 6) is 1.81. The summed E-state index contributed by atoms with van der Waals surface area (Å²) in [5, 5.41) is 0.594. The molecular weight excluding hydrogens is 246 g/mol. The predicted molar refractivity (Wildman–Crippen MR) is 76.4 cm³/mol. The highest BCUT2D eigenvalue weighted by Gasteiger charge is 2.23. The smallest absolute Gasteiger partial charge is 0.137 e. The molecule has 0 radical (unpaired) electrons. The molecule has 2 heterocycles. The molecule has 0 spiro atoms. The second-order valence-corrected chi connectivity index (χ2v) is 5.47. The maximum absolute atomic E-state index is 6.19. The Morgan fingerprint density at radius 1 is 1.22 bits per heavy atom. The molecule has 0 saturated carbocycles. The van der Waals surface area contributed by atoms with Crippen LogP contribution in [0, 0.1) is 13.8 Å². The van der Waals surface area contributed by atoms with Crippen molar-refractivity contribution in [3.05, 3.63) is 16.5 Å². The molecule has 0 amide bonds. The van der Waals surface area contributed by atoms with Gasteiger partial charge in [0.25, 0.3) is 0 Å². The van der Waals surface area contributed by atoms with Crippen LogP contribution in [0.3, 0.4) is 0 Å². The first kappa shape index (κ1) is 13.6. The molecule has 0 bridgehead atoms. The third kappa shape index (κ3) is 2.77. The van der Waals surface area contributed by atoms with Crippen LogP contribution in [0.1, 0.15) is 50.4 Å². The van der Waals surface area contributed by atoms with Gasteiger partial charge in [0.05, 0.1) is 0 Å². The highest BCUT2D eigenvalue weighted by molar-refractivity contribution is 6.30. The van der Waals surface area contributed by atoms with E-state index in [4.69, 9.17) is 11.6 Å². The number of aromatic nitrogens is 2. The Hall–Kier alpha value is -0.830. The Kier molecular flexibility index (Phi) is 4.44. The minimum atomic E-state index is 0.594. The zero-order valence-electron chi connectivity index (χ0n) is 11.5. The molecule has 0 aromatic carbocycles. The van der Waals surface area contributed by atoms with E-state index in [9.17, 15) is 0 Å². The van der Waals surface area contributed by atoms with Crippen LogP contribution >= 0.6 is 11.6 Å². The van der Waals surface area contributed by atoms with Crippen molar-refractivity contribution < 1.29 is 0 Å². The molecule has 18 heavy (non-hydrogen) atoms. The van der Waals surface area contributed by atoms with Gasteiger partial charge in [-0.1, -0.05) is 31.4 Å². The van der Waals surface area contributed by atoms with Crippen LogP contribution in [-0.2, 0) is 0 Å². The first-order valence-electron chi connectivity index (χ1n) is 6.91. The van der Waals surface area contributed by atoms with Gasteiger partial charge in [-0.2, -0.15) is 0 Å². The third-order valence-electron chi connectivity index (χ3n) is 3.79. The molecule has 1 aliphatic rings. The Labute approximate surface area is 115 Å². The SMILES string of the molecule is CCC1CCCCCN1c1nc(C)nc(Cl)c1C. The van der Waals surface area contributed by atoms with Gasteiger partial charge in [-0.15, -0.1) is 0 Å². The minimum Gasteiger partial charge on any atom is -0.353 e. The van der Waals surface area contributed by atoms with E-state index in [2.05, 4.69) is 21.8 Å². The molecule has 1 aromatic rings. The van der Waals surface area contributed by atoms with E-state index in [1.807, 2.05) is 13.8 Å². The first-order valence-corrected chi connectivity index (χ1v) is 7.28. The van der Waals surface area contributed by atoms with Crippen LogP contribution in [0.25, 0.3) is 0 Å². The lowest BCUT2D eigenvalue weighted by atomic mass is 10.1. The number of rotatable bonds is 2. The van der Waals surface area contributed by atoms with Gasteiger partial charge in [0, 0.05) is 18.2 Å². The molecule has 4 heteroatoms. The summed E-state index contributed by atoms with van der Waals surface area (Å²) in [5.41, 5.74) is 1.02. The van der Waals surface area contributed by atoms with Crippen LogP contribution in [0.4, 0.5) is 5.82 Å². The Balaban J connectivity index is 2.38. The van der Waals surface area contributed by atoms with Crippen molar-refractivity contribution in [3.8, 4) is 0 Å². The van der Waals surface area contributed by atoms with Crippen molar-refractivity contribution in [2.45, 2.75) is 58.9 Å². The van der Waals surface area contributed by atoms with Crippen LogP contribution in [0.15, 0.2) is 0 Å². The van der Waals surface area contributed by atoms with E-state index in [-0.39, 0.29) is 0 Å². The fourth-order valence-corrected chi connectivity index (χ4v) is 2.95. The van der Waals surface area contributed by atoms with Crippen molar-refractivity contribution in [3.63, 3.8) is 0 Å². The molecule has 1 fully saturated rings. The molecule has 2 rings (SSSR count). The Morgan fingerprint density at radius 3 is 2.72 bits per heavy atom. The minimum absolute atomic E-state index is 0.594. The van der Waals surface area contributed by atoms with Crippen LogP contribution in [0.2, 0.25) is 5.15 Å². The summed E-state index contributed by atoms with van der Waals surface area (Å²) < 4.78 is 0. The fourth-order valence-electron chi connectivity index (χ4n) is 2.74. The molecule has 1 saturated heterocycles. The van der Waals surface area contributed by atoms with E-state index in [1.165, 1.54) is 32.1 Å². The number of anilines is 1. The van der Waals surface area contributed by atoms with Crippen LogP contribution < -0.4 is 4.90 Å². The van der Waals surface area contributed by atoms with E-state index >= 15 is 0 Å². The first-order chi connectivity index (χ1) is 8.63. The van der Waals surface area contributed by atoms with Gasteiger partial charge in [0.1, 0.15) is 16.8 Å². The highest BCUT2D eigenvalue weighted by atomic mass is 35.5. The normalized spacial score (nSPS) is 20.9. The van der Waals surface area contributed by atoms with Crippen LogP contribution in [0.5, 0.6) is 0 Å². The summed E-state index contributed by atoms with van der Waals surface area (Å²) in [6.45, 7) is 7.28. The molecule has 1 atom stereocenters. The molecule has 100 valence electrons. The van der Waals surface area contributed by atoms with Crippen molar-refractivity contribution in [1.29, 1.82) is 0 Å². The summed E-state index contributed by atoms with van der Waals surface area (Å²) in [7, 11) is 0. The van der Waals surface area contributed by atoms with Crippen molar-refractivity contribution in [2.75, 3.05) is 11.4 Å². The summed E-state index contributed by atoms with van der Waals surface area (Å²) in [4.78, 5) is 11.3. The Morgan fingerprint density at radius 2 is 2.00 bits per heavy atom. The molecule has 1 unspecified atom stereocenters. The van der Waals surface area contributed by atoms with E-state index < -0.39 is 0 Å². The summed E-state index contributed by atoms with van der Waals surface area (Å²) in [6.07, 6.45) is 6.32.